The number of carboxylic acid groups (broad SMARTS) is 1. The van der Waals surface area contributed by atoms with Crippen molar-refractivity contribution in [1.29, 1.82) is 0 Å². The predicted molar refractivity (Wildman–Crippen MR) is 146 cm³/mol. The average Bonchev–Trinajstić information content (AvgIpc) is 2.89. The normalized spacial score (nSPS) is 14.0. The van der Waals surface area contributed by atoms with E-state index in [0.29, 0.717) is 54.4 Å². The van der Waals surface area contributed by atoms with Crippen molar-refractivity contribution < 1.29 is 24.2 Å². The zero-order valence-electron chi connectivity index (χ0n) is 21.9. The standard InChI is InChI=1S/C29H34N4O5/c1-29(2,3)23-7-4-5-9-25(23)38-26-24(8-6-16-30-26)32-27(34)31-21-10-12-22(13-11-21)37-19-20-14-17-33(18-15-20)28(35)36/h4-13,16,20H,14-15,17-19H2,1-3H3,(H,35,36)(H2,31,32,34). The van der Waals surface area contributed by atoms with Gasteiger partial charge >= 0.3 is 12.1 Å². The number of nitrogens with one attached hydrogen (secondary N) is 2. The third-order valence-corrected chi connectivity index (χ3v) is 6.40. The van der Waals surface area contributed by atoms with Crippen molar-refractivity contribution in [3.05, 3.63) is 72.4 Å². The maximum atomic E-state index is 12.7. The van der Waals surface area contributed by atoms with Crippen LogP contribution in [0.15, 0.2) is 66.9 Å². The molecular weight excluding hydrogens is 484 g/mol. The van der Waals surface area contributed by atoms with Crippen LogP contribution in [-0.4, -0.2) is 46.8 Å². The van der Waals surface area contributed by atoms with Crippen LogP contribution in [0.4, 0.5) is 21.0 Å². The van der Waals surface area contributed by atoms with E-state index in [9.17, 15) is 9.59 Å². The highest BCUT2D eigenvalue weighted by atomic mass is 16.5. The van der Waals surface area contributed by atoms with Gasteiger partial charge < -0.3 is 30.1 Å². The topological polar surface area (TPSA) is 113 Å². The molecule has 4 rings (SSSR count). The van der Waals surface area contributed by atoms with Gasteiger partial charge in [0.25, 0.3) is 0 Å². The van der Waals surface area contributed by atoms with Crippen molar-refractivity contribution in [2.45, 2.75) is 39.0 Å². The number of rotatable bonds is 7. The Hall–Kier alpha value is -4.27. The first-order valence-corrected chi connectivity index (χ1v) is 12.7. The fourth-order valence-corrected chi connectivity index (χ4v) is 4.27. The Labute approximate surface area is 222 Å². The molecule has 1 saturated heterocycles. The van der Waals surface area contributed by atoms with E-state index in [2.05, 4.69) is 36.4 Å². The number of hydrogen-bond acceptors (Lipinski definition) is 5. The lowest BCUT2D eigenvalue weighted by Crippen LogP contribution is -2.38. The minimum atomic E-state index is -0.866. The minimum Gasteiger partial charge on any atom is -0.493 e. The van der Waals surface area contributed by atoms with Gasteiger partial charge in [0.1, 0.15) is 17.2 Å². The number of benzene rings is 2. The molecule has 0 aliphatic carbocycles. The predicted octanol–water partition coefficient (Wildman–Crippen LogP) is 6.58. The highest BCUT2D eigenvalue weighted by Crippen LogP contribution is 2.35. The van der Waals surface area contributed by atoms with Crippen molar-refractivity contribution in [3.8, 4) is 17.4 Å². The first-order valence-electron chi connectivity index (χ1n) is 12.7. The van der Waals surface area contributed by atoms with Crippen LogP contribution in [-0.2, 0) is 5.41 Å². The summed E-state index contributed by atoms with van der Waals surface area (Å²) in [7, 11) is 0. The Balaban J connectivity index is 1.31. The van der Waals surface area contributed by atoms with Gasteiger partial charge in [-0.25, -0.2) is 14.6 Å². The Bertz CT molecular complexity index is 1250. The summed E-state index contributed by atoms with van der Waals surface area (Å²) in [5.41, 5.74) is 1.97. The fourth-order valence-electron chi connectivity index (χ4n) is 4.27. The molecule has 0 unspecified atom stereocenters. The fraction of sp³-hybridized carbons (Fsp3) is 0.345. The molecule has 3 aromatic rings. The highest BCUT2D eigenvalue weighted by Gasteiger charge is 2.23. The van der Waals surface area contributed by atoms with E-state index in [1.54, 1.807) is 42.6 Å². The molecule has 1 fully saturated rings. The van der Waals surface area contributed by atoms with E-state index in [-0.39, 0.29) is 5.41 Å². The van der Waals surface area contributed by atoms with Crippen LogP contribution < -0.4 is 20.1 Å². The van der Waals surface area contributed by atoms with Crippen LogP contribution in [0.5, 0.6) is 17.4 Å². The lowest BCUT2D eigenvalue weighted by Gasteiger charge is -2.29. The third-order valence-electron chi connectivity index (χ3n) is 6.40. The van der Waals surface area contributed by atoms with Gasteiger partial charge in [0.15, 0.2) is 0 Å². The minimum absolute atomic E-state index is 0.121. The molecule has 9 heteroatoms. The number of amides is 3. The van der Waals surface area contributed by atoms with E-state index < -0.39 is 12.1 Å². The Kier molecular flexibility index (Phi) is 8.35. The van der Waals surface area contributed by atoms with Crippen molar-refractivity contribution in [2.24, 2.45) is 5.92 Å². The van der Waals surface area contributed by atoms with E-state index >= 15 is 0 Å². The number of carbonyl (C=O) groups excluding carboxylic acids is 1. The molecule has 0 atom stereocenters. The molecular formula is C29H34N4O5. The number of pyridine rings is 1. The van der Waals surface area contributed by atoms with E-state index in [0.717, 1.165) is 18.4 Å². The van der Waals surface area contributed by atoms with Gasteiger partial charge in [-0.2, -0.15) is 0 Å². The van der Waals surface area contributed by atoms with Gasteiger partial charge in [-0.3, -0.25) is 0 Å². The number of aromatic nitrogens is 1. The maximum Gasteiger partial charge on any atom is 0.407 e. The number of para-hydroxylation sites is 1. The van der Waals surface area contributed by atoms with Gasteiger partial charge in [0, 0.05) is 30.5 Å². The van der Waals surface area contributed by atoms with Gasteiger partial charge in [-0.15, -0.1) is 0 Å². The number of anilines is 2. The highest BCUT2D eigenvalue weighted by molar-refractivity contribution is 6.00. The first kappa shape index (κ1) is 26.8. The van der Waals surface area contributed by atoms with E-state index in [1.165, 1.54) is 4.90 Å². The van der Waals surface area contributed by atoms with Crippen molar-refractivity contribution >= 4 is 23.5 Å². The number of hydrogen-bond donors (Lipinski definition) is 3. The molecule has 1 aliphatic rings. The molecule has 38 heavy (non-hydrogen) atoms. The van der Waals surface area contributed by atoms with E-state index in [1.807, 2.05) is 24.3 Å². The molecule has 200 valence electrons. The number of carbonyl (C=O) groups is 2. The average molecular weight is 519 g/mol. The molecule has 1 aliphatic heterocycles. The summed E-state index contributed by atoms with van der Waals surface area (Å²) in [4.78, 5) is 29.5. The van der Waals surface area contributed by atoms with Crippen LogP contribution in [0.3, 0.4) is 0 Å². The molecule has 2 aromatic carbocycles. The summed E-state index contributed by atoms with van der Waals surface area (Å²) >= 11 is 0. The van der Waals surface area contributed by atoms with Crippen LogP contribution in [0.2, 0.25) is 0 Å². The first-order chi connectivity index (χ1) is 18.2. The van der Waals surface area contributed by atoms with Crippen LogP contribution in [0, 0.1) is 5.92 Å². The lowest BCUT2D eigenvalue weighted by atomic mass is 9.86. The molecule has 0 radical (unpaired) electrons. The van der Waals surface area contributed by atoms with Crippen LogP contribution >= 0.6 is 0 Å². The van der Waals surface area contributed by atoms with Crippen LogP contribution in [0.1, 0.15) is 39.2 Å². The summed E-state index contributed by atoms with van der Waals surface area (Å²) in [5.74, 6) is 2.00. The van der Waals surface area contributed by atoms with Crippen molar-refractivity contribution in [3.63, 3.8) is 0 Å². The Morgan fingerprint density at radius 2 is 1.71 bits per heavy atom. The van der Waals surface area contributed by atoms with E-state index in [4.69, 9.17) is 14.6 Å². The number of likely N-dealkylation sites (tertiary alicyclic amines) is 1. The summed E-state index contributed by atoms with van der Waals surface area (Å²) in [6.07, 6.45) is 2.32. The summed E-state index contributed by atoms with van der Waals surface area (Å²) < 4.78 is 12.0. The summed E-state index contributed by atoms with van der Waals surface area (Å²) in [5, 5.41) is 14.7. The van der Waals surface area contributed by atoms with Gasteiger partial charge in [0.05, 0.1) is 6.61 Å². The van der Waals surface area contributed by atoms with Gasteiger partial charge in [-0.05, 0) is 66.6 Å². The third kappa shape index (κ3) is 7.15. The molecule has 0 saturated carbocycles. The zero-order valence-corrected chi connectivity index (χ0v) is 21.9. The Morgan fingerprint density at radius 1 is 1.00 bits per heavy atom. The second kappa shape index (κ2) is 11.9. The maximum absolute atomic E-state index is 12.7. The molecule has 0 bridgehead atoms. The summed E-state index contributed by atoms with van der Waals surface area (Å²) in [6.45, 7) is 7.94. The van der Waals surface area contributed by atoms with Crippen LogP contribution in [0.25, 0.3) is 0 Å². The molecule has 9 nitrogen and oxygen atoms in total. The molecule has 0 spiro atoms. The number of piperidine rings is 1. The quantitative estimate of drug-likeness (QED) is 0.325. The number of ether oxygens (including phenoxy) is 2. The monoisotopic (exact) mass is 518 g/mol. The largest absolute Gasteiger partial charge is 0.493 e. The van der Waals surface area contributed by atoms with Crippen molar-refractivity contribution in [1.82, 2.24) is 9.88 Å². The molecule has 2 heterocycles. The molecule has 1 aromatic heterocycles. The molecule has 3 N–H and O–H groups in total. The Morgan fingerprint density at radius 3 is 2.39 bits per heavy atom. The SMILES string of the molecule is CC(C)(C)c1ccccc1Oc1ncccc1NC(=O)Nc1ccc(OCC2CCN(C(=O)O)CC2)cc1. The van der Waals surface area contributed by atoms with Crippen molar-refractivity contribution in [2.75, 3.05) is 30.3 Å². The van der Waals surface area contributed by atoms with Gasteiger partial charge in [-0.1, -0.05) is 39.0 Å². The second-order valence-corrected chi connectivity index (χ2v) is 10.3. The lowest BCUT2D eigenvalue weighted by molar-refractivity contribution is 0.111. The molecule has 3 amide bonds. The summed E-state index contributed by atoms with van der Waals surface area (Å²) in [6, 6.07) is 18.0. The number of nitrogens with zero attached hydrogens (tertiary/aromatic N) is 2. The second-order valence-electron chi connectivity index (χ2n) is 10.3. The zero-order chi connectivity index (χ0) is 27.1. The smallest absolute Gasteiger partial charge is 0.407 e. The number of urea groups is 1. The van der Waals surface area contributed by atoms with Gasteiger partial charge in [0.2, 0.25) is 5.88 Å².